The number of amides is 2. The molecule has 0 aliphatic carbocycles. The molecule has 0 spiro atoms. The minimum atomic E-state index is -0.527. The van der Waals surface area contributed by atoms with E-state index in [0.717, 1.165) is 0 Å². The van der Waals surface area contributed by atoms with Crippen LogP contribution in [0.1, 0.15) is 5.56 Å². The summed E-state index contributed by atoms with van der Waals surface area (Å²) in [6.07, 6.45) is 1.47. The number of rotatable bonds is 3. The molecule has 1 aromatic rings. The van der Waals surface area contributed by atoms with Gasteiger partial charge in [-0.25, -0.2) is 0 Å². The number of nitrogens with zero attached hydrogens (tertiary/aromatic N) is 1. The van der Waals surface area contributed by atoms with E-state index < -0.39 is 11.8 Å². The van der Waals surface area contributed by atoms with Crippen molar-refractivity contribution in [3.8, 4) is 11.5 Å². The second kappa shape index (κ2) is 5.92. The molecule has 1 saturated heterocycles. The van der Waals surface area contributed by atoms with Crippen molar-refractivity contribution in [2.24, 2.45) is 0 Å². The number of thiocarbonyl (C=S) groups is 1. The predicted octanol–water partition coefficient (Wildman–Crippen LogP) is 0.960. The molecule has 0 unspecified atom stereocenters. The van der Waals surface area contributed by atoms with Gasteiger partial charge in [-0.15, -0.1) is 0 Å². The molecule has 1 fully saturated rings. The Morgan fingerprint density at radius 2 is 1.95 bits per heavy atom. The van der Waals surface area contributed by atoms with Gasteiger partial charge in [0.2, 0.25) is 0 Å². The zero-order valence-electron chi connectivity index (χ0n) is 11.8. The second-order valence-electron chi connectivity index (χ2n) is 4.29. The van der Waals surface area contributed by atoms with Crippen LogP contribution >= 0.6 is 12.2 Å². The van der Waals surface area contributed by atoms with E-state index in [-0.39, 0.29) is 10.7 Å². The molecule has 21 heavy (non-hydrogen) atoms. The van der Waals surface area contributed by atoms with E-state index in [2.05, 4.69) is 5.32 Å². The number of carbonyl (C=O) groups excluding carboxylic acids is 2. The van der Waals surface area contributed by atoms with Gasteiger partial charge < -0.3 is 9.47 Å². The normalized spacial score (nSPS) is 17.0. The van der Waals surface area contributed by atoms with E-state index in [1.807, 2.05) is 0 Å². The summed E-state index contributed by atoms with van der Waals surface area (Å²) in [7, 11) is 4.55. The molecule has 2 amide bonds. The van der Waals surface area contributed by atoms with Crippen molar-refractivity contribution in [3.63, 3.8) is 0 Å². The van der Waals surface area contributed by atoms with Gasteiger partial charge in [-0.05, 0) is 30.4 Å². The fraction of sp³-hybridized carbons (Fsp3) is 0.214. The van der Waals surface area contributed by atoms with Gasteiger partial charge in [-0.1, -0.05) is 0 Å². The lowest BCUT2D eigenvalue weighted by Crippen LogP contribution is -2.52. The summed E-state index contributed by atoms with van der Waals surface area (Å²) in [5.74, 6) is 0.132. The van der Waals surface area contributed by atoms with E-state index in [1.165, 1.54) is 25.1 Å². The van der Waals surface area contributed by atoms with Crippen LogP contribution in [-0.4, -0.2) is 43.1 Å². The Morgan fingerprint density at radius 3 is 2.57 bits per heavy atom. The maximum absolute atomic E-state index is 12.1. The molecule has 1 aliphatic heterocycles. The average molecular weight is 306 g/mol. The molecule has 2 rings (SSSR count). The minimum Gasteiger partial charge on any atom is -0.497 e. The van der Waals surface area contributed by atoms with Gasteiger partial charge in [0, 0.05) is 18.7 Å². The highest BCUT2D eigenvalue weighted by atomic mass is 32.1. The van der Waals surface area contributed by atoms with Crippen LogP contribution in [0.25, 0.3) is 6.08 Å². The fourth-order valence-corrected chi connectivity index (χ4v) is 2.01. The highest BCUT2D eigenvalue weighted by Crippen LogP contribution is 2.27. The van der Waals surface area contributed by atoms with E-state index in [0.29, 0.717) is 17.1 Å². The van der Waals surface area contributed by atoms with Gasteiger partial charge in [0.15, 0.2) is 5.11 Å². The first-order valence-electron chi connectivity index (χ1n) is 6.05. The molecular formula is C14H14N2O4S. The Morgan fingerprint density at radius 1 is 1.24 bits per heavy atom. The smallest absolute Gasteiger partial charge is 0.265 e. The Labute approximate surface area is 127 Å². The summed E-state index contributed by atoms with van der Waals surface area (Å²) in [5.41, 5.74) is 0.590. The largest absolute Gasteiger partial charge is 0.497 e. The van der Waals surface area contributed by atoms with E-state index >= 15 is 0 Å². The number of likely N-dealkylation sites (N-methyl/N-ethyl adjacent to an activating group) is 1. The van der Waals surface area contributed by atoms with Crippen LogP contribution in [0.5, 0.6) is 11.5 Å². The number of nitrogens with one attached hydrogen (secondary N) is 1. The maximum atomic E-state index is 12.1. The third-order valence-corrected chi connectivity index (χ3v) is 3.42. The first-order valence-corrected chi connectivity index (χ1v) is 6.46. The Balaban J connectivity index is 2.45. The lowest BCUT2D eigenvalue weighted by molar-refractivity contribution is -0.128. The van der Waals surface area contributed by atoms with Gasteiger partial charge in [-0.3, -0.25) is 19.8 Å². The van der Waals surface area contributed by atoms with Crippen molar-refractivity contribution in [2.75, 3.05) is 21.3 Å². The summed E-state index contributed by atoms with van der Waals surface area (Å²) < 4.78 is 10.3. The number of methoxy groups -OCH3 is 2. The van der Waals surface area contributed by atoms with Crippen LogP contribution in [0.15, 0.2) is 23.8 Å². The zero-order chi connectivity index (χ0) is 15.6. The summed E-state index contributed by atoms with van der Waals surface area (Å²) in [6, 6.07) is 5.10. The summed E-state index contributed by atoms with van der Waals surface area (Å²) >= 11 is 4.89. The molecule has 6 nitrogen and oxygen atoms in total. The quantitative estimate of drug-likeness (QED) is 0.512. The molecule has 0 aromatic heterocycles. The number of benzene rings is 1. The summed E-state index contributed by atoms with van der Waals surface area (Å²) in [5, 5.41) is 2.54. The van der Waals surface area contributed by atoms with Crippen LogP contribution < -0.4 is 14.8 Å². The molecule has 0 bridgehead atoms. The van der Waals surface area contributed by atoms with Gasteiger partial charge in [0.05, 0.1) is 14.2 Å². The van der Waals surface area contributed by atoms with Gasteiger partial charge in [0.1, 0.15) is 17.1 Å². The van der Waals surface area contributed by atoms with Gasteiger partial charge in [-0.2, -0.15) is 0 Å². The van der Waals surface area contributed by atoms with Crippen molar-refractivity contribution in [2.45, 2.75) is 0 Å². The second-order valence-corrected chi connectivity index (χ2v) is 4.68. The third-order valence-electron chi connectivity index (χ3n) is 3.05. The molecule has 110 valence electrons. The monoisotopic (exact) mass is 306 g/mol. The number of hydrogen-bond donors (Lipinski definition) is 1. The van der Waals surface area contributed by atoms with Gasteiger partial charge in [0.25, 0.3) is 11.8 Å². The van der Waals surface area contributed by atoms with Gasteiger partial charge >= 0.3 is 0 Å². The summed E-state index contributed by atoms with van der Waals surface area (Å²) in [6.45, 7) is 0. The Hall–Kier alpha value is -2.41. The van der Waals surface area contributed by atoms with Crippen molar-refractivity contribution in [1.82, 2.24) is 10.2 Å². The number of hydrogen-bond acceptors (Lipinski definition) is 5. The SMILES string of the molecule is COc1ccc(/C=C2\C(=O)NC(=S)N(C)C2=O)c(OC)c1. The number of carbonyl (C=O) groups is 2. The minimum absolute atomic E-state index is 0.00503. The summed E-state index contributed by atoms with van der Waals surface area (Å²) in [4.78, 5) is 25.2. The molecule has 0 atom stereocenters. The van der Waals surface area contributed by atoms with E-state index in [9.17, 15) is 9.59 Å². The molecule has 1 aromatic carbocycles. The molecule has 1 aliphatic rings. The van der Waals surface area contributed by atoms with Crippen LogP contribution in [0, 0.1) is 0 Å². The molecule has 1 heterocycles. The predicted molar refractivity (Wildman–Crippen MR) is 81.0 cm³/mol. The zero-order valence-corrected chi connectivity index (χ0v) is 12.6. The highest BCUT2D eigenvalue weighted by molar-refractivity contribution is 7.80. The highest BCUT2D eigenvalue weighted by Gasteiger charge is 2.30. The molecule has 0 saturated carbocycles. The molecule has 7 heteroatoms. The topological polar surface area (TPSA) is 67.9 Å². The first-order chi connectivity index (χ1) is 9.97. The number of ether oxygens (including phenoxy) is 2. The van der Waals surface area contributed by atoms with Crippen molar-refractivity contribution < 1.29 is 19.1 Å². The third kappa shape index (κ3) is 2.87. The maximum Gasteiger partial charge on any atom is 0.265 e. The van der Waals surface area contributed by atoms with Crippen LogP contribution in [0.4, 0.5) is 0 Å². The fourth-order valence-electron chi connectivity index (χ4n) is 1.84. The van der Waals surface area contributed by atoms with Crippen LogP contribution in [-0.2, 0) is 9.59 Å². The Bertz CT molecular complexity index is 654. The standard InChI is InChI=1S/C14H14N2O4S/c1-16-13(18)10(12(17)15-14(16)21)6-8-4-5-9(19-2)7-11(8)20-3/h4-7H,1-3H3,(H,15,17,21)/b10-6+. The molecular weight excluding hydrogens is 292 g/mol. The molecule has 0 radical (unpaired) electrons. The van der Waals surface area contributed by atoms with Crippen molar-refractivity contribution >= 4 is 35.2 Å². The lowest BCUT2D eigenvalue weighted by Gasteiger charge is -2.25. The average Bonchev–Trinajstić information content (AvgIpc) is 2.49. The van der Waals surface area contributed by atoms with E-state index in [1.54, 1.807) is 25.3 Å². The van der Waals surface area contributed by atoms with E-state index in [4.69, 9.17) is 21.7 Å². The van der Waals surface area contributed by atoms with Crippen molar-refractivity contribution in [1.29, 1.82) is 0 Å². The lowest BCUT2D eigenvalue weighted by atomic mass is 10.1. The first kappa shape index (κ1) is 15.0. The molecule has 1 N–H and O–H groups in total. The van der Waals surface area contributed by atoms with Crippen molar-refractivity contribution in [3.05, 3.63) is 29.3 Å². The Kier molecular flexibility index (Phi) is 4.23. The van der Waals surface area contributed by atoms with Crippen LogP contribution in [0.3, 0.4) is 0 Å². The van der Waals surface area contributed by atoms with Crippen LogP contribution in [0.2, 0.25) is 0 Å².